The number of hydrazine groups is 1. The van der Waals surface area contributed by atoms with E-state index in [-0.39, 0.29) is 17.4 Å². The minimum atomic E-state index is -0.718. The molecule has 0 bridgehead atoms. The van der Waals surface area contributed by atoms with Gasteiger partial charge in [0.1, 0.15) is 0 Å². The number of carbonyl (C=O) groups excluding carboxylic acids is 3. The molecule has 0 aliphatic rings. The fourth-order valence-corrected chi connectivity index (χ4v) is 3.36. The zero-order valence-electron chi connectivity index (χ0n) is 19.6. The lowest BCUT2D eigenvalue weighted by molar-refractivity contribution is 0.0359. The van der Waals surface area contributed by atoms with E-state index < -0.39 is 11.4 Å². The largest absolute Gasteiger partial charge is 0.321 e. The maximum atomic E-state index is 13.6. The van der Waals surface area contributed by atoms with E-state index >= 15 is 0 Å². The number of para-hydroxylation sites is 1. The molecule has 0 spiro atoms. The van der Waals surface area contributed by atoms with Crippen LogP contribution < -0.4 is 10.7 Å². The average Bonchev–Trinajstić information content (AvgIpc) is 2.76. The van der Waals surface area contributed by atoms with Crippen LogP contribution >= 0.6 is 0 Å². The Morgan fingerprint density at radius 1 is 0.727 bits per heavy atom. The number of benzene rings is 3. The van der Waals surface area contributed by atoms with E-state index in [0.717, 1.165) is 11.1 Å². The molecule has 3 aromatic rings. The number of carbonyl (C=O) groups is 3. The van der Waals surface area contributed by atoms with E-state index in [0.29, 0.717) is 16.8 Å². The number of hydrogen-bond acceptors (Lipinski definition) is 3. The van der Waals surface area contributed by atoms with E-state index in [1.807, 2.05) is 52.8 Å². The summed E-state index contributed by atoms with van der Waals surface area (Å²) in [6.45, 7) is 9.29. The van der Waals surface area contributed by atoms with Crippen molar-refractivity contribution in [2.75, 3.05) is 5.32 Å². The van der Waals surface area contributed by atoms with E-state index in [2.05, 4.69) is 10.7 Å². The lowest BCUT2D eigenvalue weighted by Crippen LogP contribution is -2.56. The Balaban J connectivity index is 1.89. The lowest BCUT2D eigenvalue weighted by Gasteiger charge is -2.36. The number of hydrogen-bond donors (Lipinski definition) is 2. The van der Waals surface area contributed by atoms with Gasteiger partial charge in [0.25, 0.3) is 17.7 Å². The highest BCUT2D eigenvalue weighted by Gasteiger charge is 2.31. The number of aryl methyl sites for hydroxylation is 2. The average molecular weight is 444 g/mol. The summed E-state index contributed by atoms with van der Waals surface area (Å²) in [7, 11) is 0. The molecule has 3 aromatic carbocycles. The molecule has 2 N–H and O–H groups in total. The summed E-state index contributed by atoms with van der Waals surface area (Å²) in [5.74, 6) is -1.13. The van der Waals surface area contributed by atoms with Gasteiger partial charge < -0.3 is 5.32 Å². The van der Waals surface area contributed by atoms with E-state index in [4.69, 9.17) is 0 Å². The fraction of sp³-hybridized carbons (Fsp3) is 0.222. The monoisotopic (exact) mass is 443 g/mol. The number of anilines is 1. The van der Waals surface area contributed by atoms with Gasteiger partial charge in [-0.15, -0.1) is 0 Å². The minimum absolute atomic E-state index is 0.276. The third-order valence-corrected chi connectivity index (χ3v) is 5.05. The van der Waals surface area contributed by atoms with Gasteiger partial charge in [0, 0.05) is 11.1 Å². The molecule has 0 saturated heterocycles. The maximum Gasteiger partial charge on any atom is 0.274 e. The highest BCUT2D eigenvalue weighted by molar-refractivity contribution is 6.09. The first-order chi connectivity index (χ1) is 15.6. The molecule has 3 amide bonds. The predicted molar refractivity (Wildman–Crippen MR) is 130 cm³/mol. The van der Waals surface area contributed by atoms with Crippen molar-refractivity contribution in [3.8, 4) is 0 Å². The minimum Gasteiger partial charge on any atom is -0.321 e. The van der Waals surface area contributed by atoms with Crippen molar-refractivity contribution >= 4 is 23.4 Å². The molecule has 0 radical (unpaired) electrons. The van der Waals surface area contributed by atoms with Crippen LogP contribution in [-0.4, -0.2) is 28.3 Å². The molecule has 0 saturated carbocycles. The molecule has 33 heavy (non-hydrogen) atoms. The van der Waals surface area contributed by atoms with Crippen LogP contribution in [0, 0.1) is 13.8 Å². The van der Waals surface area contributed by atoms with Gasteiger partial charge >= 0.3 is 0 Å². The summed E-state index contributed by atoms with van der Waals surface area (Å²) in [6.07, 6.45) is 0. The van der Waals surface area contributed by atoms with Crippen molar-refractivity contribution in [1.82, 2.24) is 10.4 Å². The van der Waals surface area contributed by atoms with Gasteiger partial charge in [0.05, 0.1) is 16.8 Å². The van der Waals surface area contributed by atoms with E-state index in [9.17, 15) is 14.4 Å². The van der Waals surface area contributed by atoms with Crippen LogP contribution in [0.2, 0.25) is 0 Å². The zero-order valence-corrected chi connectivity index (χ0v) is 19.6. The molecule has 0 unspecified atom stereocenters. The zero-order chi connectivity index (χ0) is 24.2. The van der Waals surface area contributed by atoms with Gasteiger partial charge in [0.15, 0.2) is 0 Å². The second kappa shape index (κ2) is 9.69. The molecule has 6 nitrogen and oxygen atoms in total. The molecule has 6 heteroatoms. The van der Waals surface area contributed by atoms with Crippen LogP contribution in [-0.2, 0) is 0 Å². The van der Waals surface area contributed by atoms with Crippen molar-refractivity contribution in [3.63, 3.8) is 0 Å². The normalized spacial score (nSPS) is 10.9. The second-order valence-electron chi connectivity index (χ2n) is 8.99. The highest BCUT2D eigenvalue weighted by atomic mass is 16.2. The van der Waals surface area contributed by atoms with Gasteiger partial charge in [-0.3, -0.25) is 19.8 Å². The summed E-state index contributed by atoms with van der Waals surface area (Å²) in [5.41, 5.74) is 5.54. The quantitative estimate of drug-likeness (QED) is 0.548. The summed E-state index contributed by atoms with van der Waals surface area (Å²) in [4.78, 5) is 39.3. The topological polar surface area (TPSA) is 78.5 Å². The smallest absolute Gasteiger partial charge is 0.274 e. The summed E-state index contributed by atoms with van der Waals surface area (Å²) >= 11 is 0. The van der Waals surface area contributed by atoms with Crippen molar-refractivity contribution in [1.29, 1.82) is 0 Å². The summed E-state index contributed by atoms with van der Waals surface area (Å²) in [5, 5.41) is 4.14. The van der Waals surface area contributed by atoms with Crippen molar-refractivity contribution in [2.45, 2.75) is 40.2 Å². The highest BCUT2D eigenvalue weighted by Crippen LogP contribution is 2.22. The Labute approximate surface area is 194 Å². The molecular weight excluding hydrogens is 414 g/mol. The van der Waals surface area contributed by atoms with Gasteiger partial charge in [0.2, 0.25) is 0 Å². The molecule has 3 rings (SSSR count). The molecule has 0 aromatic heterocycles. The Morgan fingerprint density at radius 2 is 1.27 bits per heavy atom. The summed E-state index contributed by atoms with van der Waals surface area (Å²) < 4.78 is 0. The molecule has 170 valence electrons. The number of rotatable bonds is 4. The number of nitrogens with zero attached hydrogens (tertiary/aromatic N) is 1. The van der Waals surface area contributed by atoms with Crippen LogP contribution in [0.3, 0.4) is 0 Å². The summed E-state index contributed by atoms with van der Waals surface area (Å²) in [6, 6.07) is 21.1. The van der Waals surface area contributed by atoms with Gasteiger partial charge in [-0.2, -0.15) is 0 Å². The van der Waals surface area contributed by atoms with Crippen LogP contribution in [0.1, 0.15) is 63.0 Å². The van der Waals surface area contributed by atoms with Crippen LogP contribution in [0.5, 0.6) is 0 Å². The Kier molecular flexibility index (Phi) is 6.97. The Bertz CT molecular complexity index is 1190. The molecule has 0 aliphatic carbocycles. The Hall–Kier alpha value is -3.93. The SMILES string of the molecule is Cc1cccc(C(=O)Nc2ccccc2C(=O)N(NC(=O)c2cccc(C)c2)C(C)(C)C)c1. The fourth-order valence-electron chi connectivity index (χ4n) is 3.36. The van der Waals surface area contributed by atoms with Gasteiger partial charge in [-0.05, 0) is 71.0 Å². The molecule has 0 fully saturated rings. The maximum absolute atomic E-state index is 13.6. The number of amides is 3. The van der Waals surface area contributed by atoms with Crippen molar-refractivity contribution < 1.29 is 14.4 Å². The van der Waals surface area contributed by atoms with Crippen LogP contribution in [0.4, 0.5) is 5.69 Å². The lowest BCUT2D eigenvalue weighted by atomic mass is 10.0. The van der Waals surface area contributed by atoms with Crippen molar-refractivity contribution in [2.24, 2.45) is 0 Å². The number of nitrogens with one attached hydrogen (secondary N) is 2. The molecular formula is C27H29N3O3. The van der Waals surface area contributed by atoms with Crippen LogP contribution in [0.25, 0.3) is 0 Å². The van der Waals surface area contributed by atoms with Crippen LogP contribution in [0.15, 0.2) is 72.8 Å². The van der Waals surface area contributed by atoms with E-state index in [1.165, 1.54) is 5.01 Å². The molecule has 0 aliphatic heterocycles. The third-order valence-electron chi connectivity index (χ3n) is 5.05. The first kappa shape index (κ1) is 23.7. The van der Waals surface area contributed by atoms with Gasteiger partial charge in [-0.1, -0.05) is 47.5 Å². The third kappa shape index (κ3) is 5.86. The van der Waals surface area contributed by atoms with E-state index in [1.54, 1.807) is 54.6 Å². The predicted octanol–water partition coefficient (Wildman–Crippen LogP) is 5.14. The standard InChI is InChI=1S/C27H29N3O3/c1-18-10-8-12-20(16-18)24(31)28-23-15-7-6-14-22(23)26(33)30(27(3,4)5)29-25(32)21-13-9-11-19(2)17-21/h6-17H,1-5H3,(H,28,31)(H,29,32). The first-order valence-electron chi connectivity index (χ1n) is 10.8. The molecule has 0 heterocycles. The Morgan fingerprint density at radius 3 is 1.82 bits per heavy atom. The second-order valence-corrected chi connectivity index (χ2v) is 8.99. The van der Waals surface area contributed by atoms with Crippen molar-refractivity contribution in [3.05, 3.63) is 101 Å². The van der Waals surface area contributed by atoms with Gasteiger partial charge in [-0.25, -0.2) is 5.01 Å². The molecule has 0 atom stereocenters. The first-order valence-corrected chi connectivity index (χ1v) is 10.8.